The molecule has 4 heteroatoms. The van der Waals surface area contributed by atoms with Crippen LogP contribution in [0.3, 0.4) is 0 Å². The Balaban J connectivity index is 2.43. The molecule has 0 saturated carbocycles. The average molecular weight is 201 g/mol. The van der Waals surface area contributed by atoms with Gasteiger partial charge in [-0.05, 0) is 12.8 Å². The molecule has 0 aromatic rings. The van der Waals surface area contributed by atoms with E-state index in [9.17, 15) is 4.79 Å². The summed E-state index contributed by atoms with van der Waals surface area (Å²) in [5.74, 6) is 0.159. The quantitative estimate of drug-likeness (QED) is 0.694. The molecule has 1 aliphatic heterocycles. The minimum atomic E-state index is 0.0214. The van der Waals surface area contributed by atoms with Crippen LogP contribution in [0.2, 0.25) is 0 Å². The van der Waals surface area contributed by atoms with Gasteiger partial charge < -0.3 is 14.7 Å². The summed E-state index contributed by atoms with van der Waals surface area (Å²) < 4.78 is 5.17. The second-order valence-electron chi connectivity index (χ2n) is 3.61. The molecule has 0 aromatic heterocycles. The molecule has 14 heavy (non-hydrogen) atoms. The van der Waals surface area contributed by atoms with E-state index < -0.39 is 0 Å². The number of rotatable bonds is 5. The largest absolute Gasteiger partial charge is 0.395 e. The third-order valence-electron chi connectivity index (χ3n) is 2.45. The second-order valence-corrected chi connectivity index (χ2v) is 3.61. The van der Waals surface area contributed by atoms with Crippen molar-refractivity contribution in [3.8, 4) is 0 Å². The van der Waals surface area contributed by atoms with Crippen LogP contribution in [0, 0.1) is 5.92 Å². The summed E-state index contributed by atoms with van der Waals surface area (Å²) in [5, 5.41) is 8.83. The van der Waals surface area contributed by atoms with E-state index in [4.69, 9.17) is 9.84 Å². The fraction of sp³-hybridized carbons (Fsp3) is 0.900. The number of amides is 1. The Morgan fingerprint density at radius 2 is 2.36 bits per heavy atom. The molecule has 0 aliphatic carbocycles. The van der Waals surface area contributed by atoms with Crippen LogP contribution in [0.4, 0.5) is 0 Å². The van der Waals surface area contributed by atoms with Crippen molar-refractivity contribution in [2.75, 3.05) is 32.9 Å². The number of carbonyl (C=O) groups excluding carboxylic acids is 1. The van der Waals surface area contributed by atoms with Gasteiger partial charge in [0, 0.05) is 19.7 Å². The normalized spacial score (nSPS) is 21.1. The summed E-state index contributed by atoms with van der Waals surface area (Å²) in [6, 6.07) is 0. The van der Waals surface area contributed by atoms with E-state index in [2.05, 4.69) is 0 Å². The van der Waals surface area contributed by atoms with Crippen LogP contribution in [-0.4, -0.2) is 48.8 Å². The Hall–Kier alpha value is -0.610. The number of carbonyl (C=O) groups is 1. The SMILES string of the molecule is CCCN(CCO)C(=O)C1CCOC1. The molecule has 1 unspecified atom stereocenters. The molecule has 1 N–H and O–H groups in total. The highest BCUT2D eigenvalue weighted by Crippen LogP contribution is 2.15. The highest BCUT2D eigenvalue weighted by atomic mass is 16.5. The molecular formula is C10H19NO3. The zero-order valence-corrected chi connectivity index (χ0v) is 8.74. The lowest BCUT2D eigenvalue weighted by molar-refractivity contribution is -0.136. The highest BCUT2D eigenvalue weighted by molar-refractivity contribution is 5.79. The first-order valence-electron chi connectivity index (χ1n) is 5.27. The van der Waals surface area contributed by atoms with Gasteiger partial charge in [-0.1, -0.05) is 6.92 Å². The van der Waals surface area contributed by atoms with Crippen LogP contribution in [0.1, 0.15) is 19.8 Å². The molecule has 1 aliphatic rings. The molecule has 1 atom stereocenters. The zero-order valence-electron chi connectivity index (χ0n) is 8.74. The molecule has 0 radical (unpaired) electrons. The van der Waals surface area contributed by atoms with Gasteiger partial charge in [0.25, 0.3) is 0 Å². The summed E-state index contributed by atoms with van der Waals surface area (Å²) in [7, 11) is 0. The first kappa shape index (κ1) is 11.5. The van der Waals surface area contributed by atoms with E-state index in [1.165, 1.54) is 0 Å². The molecule has 0 bridgehead atoms. The van der Waals surface area contributed by atoms with E-state index in [1.807, 2.05) is 6.92 Å². The van der Waals surface area contributed by atoms with Crippen molar-refractivity contribution in [1.29, 1.82) is 0 Å². The lowest BCUT2D eigenvalue weighted by atomic mass is 10.1. The Bertz CT molecular complexity index is 172. The molecule has 1 saturated heterocycles. The Kier molecular flexibility index (Phi) is 4.90. The predicted molar refractivity (Wildman–Crippen MR) is 52.9 cm³/mol. The van der Waals surface area contributed by atoms with E-state index in [-0.39, 0.29) is 18.4 Å². The molecule has 4 nitrogen and oxygen atoms in total. The first-order chi connectivity index (χ1) is 6.79. The minimum absolute atomic E-state index is 0.0214. The predicted octanol–water partition coefficient (Wildman–Crippen LogP) is 0.254. The van der Waals surface area contributed by atoms with E-state index in [1.54, 1.807) is 4.90 Å². The molecule has 1 amide bonds. The fourth-order valence-electron chi connectivity index (χ4n) is 1.71. The maximum absolute atomic E-state index is 11.9. The topological polar surface area (TPSA) is 49.8 Å². The lowest BCUT2D eigenvalue weighted by Crippen LogP contribution is -2.38. The first-order valence-corrected chi connectivity index (χ1v) is 5.27. The van der Waals surface area contributed by atoms with Gasteiger partial charge in [-0.3, -0.25) is 4.79 Å². The molecule has 0 spiro atoms. The van der Waals surface area contributed by atoms with Gasteiger partial charge in [0.15, 0.2) is 0 Å². The third-order valence-corrected chi connectivity index (χ3v) is 2.45. The van der Waals surface area contributed by atoms with Crippen molar-refractivity contribution in [3.63, 3.8) is 0 Å². The van der Waals surface area contributed by atoms with Crippen molar-refractivity contribution in [1.82, 2.24) is 4.90 Å². The monoisotopic (exact) mass is 201 g/mol. The minimum Gasteiger partial charge on any atom is -0.395 e. The number of nitrogens with zero attached hydrogens (tertiary/aromatic N) is 1. The van der Waals surface area contributed by atoms with E-state index in [0.29, 0.717) is 19.8 Å². The van der Waals surface area contributed by atoms with Gasteiger partial charge in [-0.15, -0.1) is 0 Å². The summed E-state index contributed by atoms with van der Waals surface area (Å²) in [5.41, 5.74) is 0. The third kappa shape index (κ3) is 2.96. The van der Waals surface area contributed by atoms with Crippen molar-refractivity contribution in [2.24, 2.45) is 5.92 Å². The van der Waals surface area contributed by atoms with Crippen molar-refractivity contribution < 1.29 is 14.6 Å². The van der Waals surface area contributed by atoms with E-state index >= 15 is 0 Å². The average Bonchev–Trinajstić information content (AvgIpc) is 2.69. The fourth-order valence-corrected chi connectivity index (χ4v) is 1.71. The number of aliphatic hydroxyl groups is 1. The molecular weight excluding hydrogens is 182 g/mol. The number of aliphatic hydroxyl groups excluding tert-OH is 1. The van der Waals surface area contributed by atoms with Gasteiger partial charge in [0.1, 0.15) is 0 Å². The van der Waals surface area contributed by atoms with Crippen molar-refractivity contribution >= 4 is 5.91 Å². The maximum atomic E-state index is 11.9. The highest BCUT2D eigenvalue weighted by Gasteiger charge is 2.27. The van der Waals surface area contributed by atoms with Crippen LogP contribution < -0.4 is 0 Å². The maximum Gasteiger partial charge on any atom is 0.228 e. The Morgan fingerprint density at radius 3 is 2.86 bits per heavy atom. The van der Waals surface area contributed by atoms with Crippen molar-refractivity contribution in [2.45, 2.75) is 19.8 Å². The molecule has 1 heterocycles. The van der Waals surface area contributed by atoms with Crippen molar-refractivity contribution in [3.05, 3.63) is 0 Å². The summed E-state index contributed by atoms with van der Waals surface area (Å²) in [6.07, 6.45) is 1.75. The number of hydrogen-bond donors (Lipinski definition) is 1. The van der Waals surface area contributed by atoms with Gasteiger partial charge in [-0.2, -0.15) is 0 Å². The van der Waals surface area contributed by atoms with Crippen LogP contribution in [0.15, 0.2) is 0 Å². The van der Waals surface area contributed by atoms with Gasteiger partial charge in [-0.25, -0.2) is 0 Å². The molecule has 1 fully saturated rings. The zero-order chi connectivity index (χ0) is 10.4. The van der Waals surface area contributed by atoms with Gasteiger partial charge in [0.05, 0.1) is 19.1 Å². The van der Waals surface area contributed by atoms with Gasteiger partial charge >= 0.3 is 0 Å². The van der Waals surface area contributed by atoms with Crippen LogP contribution in [0.5, 0.6) is 0 Å². The van der Waals surface area contributed by atoms with Crippen LogP contribution in [0.25, 0.3) is 0 Å². The van der Waals surface area contributed by atoms with Crippen LogP contribution >= 0.6 is 0 Å². The van der Waals surface area contributed by atoms with Gasteiger partial charge in [0.2, 0.25) is 5.91 Å². The summed E-state index contributed by atoms with van der Waals surface area (Å²) in [4.78, 5) is 13.6. The van der Waals surface area contributed by atoms with Crippen LogP contribution in [-0.2, 0) is 9.53 Å². The number of hydrogen-bond acceptors (Lipinski definition) is 3. The number of ether oxygens (including phenoxy) is 1. The summed E-state index contributed by atoms with van der Waals surface area (Å²) >= 11 is 0. The standard InChI is InChI=1S/C10H19NO3/c1-2-4-11(5-6-12)10(13)9-3-7-14-8-9/h9,12H,2-8H2,1H3. The molecule has 0 aromatic carbocycles. The second kappa shape index (κ2) is 5.98. The smallest absolute Gasteiger partial charge is 0.228 e. The lowest BCUT2D eigenvalue weighted by Gasteiger charge is -2.23. The Labute approximate surface area is 84.8 Å². The van der Waals surface area contributed by atoms with E-state index in [0.717, 1.165) is 19.4 Å². The molecule has 1 rings (SSSR count). The molecule has 82 valence electrons. The Morgan fingerprint density at radius 1 is 1.57 bits per heavy atom. The summed E-state index contributed by atoms with van der Waals surface area (Å²) in [6.45, 7) is 4.49.